The van der Waals surface area contributed by atoms with Gasteiger partial charge < -0.3 is 5.11 Å². The van der Waals surface area contributed by atoms with E-state index in [4.69, 9.17) is 0 Å². The van der Waals surface area contributed by atoms with Crippen LogP contribution in [0.5, 0.6) is 0 Å². The van der Waals surface area contributed by atoms with Crippen molar-refractivity contribution in [2.75, 3.05) is 6.61 Å². The lowest BCUT2D eigenvalue weighted by atomic mass is 10.1. The molecule has 1 N–H and O–H groups in total. The highest BCUT2D eigenvalue weighted by atomic mass is 28.3. The molecular weight excluding hydrogens is 212 g/mol. The van der Waals surface area contributed by atoms with Crippen molar-refractivity contribution in [3.8, 4) is 0 Å². The first-order valence-electron chi connectivity index (χ1n) is 6.61. The van der Waals surface area contributed by atoms with Crippen LogP contribution in [0.1, 0.15) is 33.6 Å². The molecule has 0 heterocycles. The van der Waals surface area contributed by atoms with Crippen molar-refractivity contribution < 1.29 is 5.11 Å². The molecule has 0 radical (unpaired) electrons. The van der Waals surface area contributed by atoms with Gasteiger partial charge >= 0.3 is 0 Å². The van der Waals surface area contributed by atoms with Crippen LogP contribution >= 0.6 is 0 Å². The monoisotopic (exact) mass is 238 g/mol. The van der Waals surface area contributed by atoms with Crippen molar-refractivity contribution >= 4 is 8.07 Å². The maximum absolute atomic E-state index is 9.21. The summed E-state index contributed by atoms with van der Waals surface area (Å²) in [4.78, 5) is 0. The minimum atomic E-state index is -1.17. The molecule has 1 fully saturated rings. The van der Waals surface area contributed by atoms with Gasteiger partial charge in [0.25, 0.3) is 0 Å². The molecule has 1 unspecified atom stereocenters. The first kappa shape index (κ1) is 13.7. The molecule has 1 aliphatic rings. The van der Waals surface area contributed by atoms with Crippen molar-refractivity contribution in [3.63, 3.8) is 0 Å². The van der Waals surface area contributed by atoms with Crippen LogP contribution in [-0.2, 0) is 0 Å². The molecule has 0 saturated heterocycles. The lowest BCUT2D eigenvalue weighted by Gasteiger charge is -2.25. The molecular formula is C14H26OSi. The summed E-state index contributed by atoms with van der Waals surface area (Å²) in [5, 5.41) is 9.21. The van der Waals surface area contributed by atoms with E-state index in [9.17, 15) is 5.11 Å². The van der Waals surface area contributed by atoms with Crippen molar-refractivity contribution in [2.45, 2.75) is 51.7 Å². The van der Waals surface area contributed by atoms with Crippen LogP contribution in [-0.4, -0.2) is 19.8 Å². The summed E-state index contributed by atoms with van der Waals surface area (Å²) in [6.07, 6.45) is 2.06. The topological polar surface area (TPSA) is 20.2 Å². The maximum Gasteiger partial charge on any atom is 0.0773 e. The van der Waals surface area contributed by atoms with E-state index in [0.29, 0.717) is 12.5 Å². The van der Waals surface area contributed by atoms with E-state index in [0.717, 1.165) is 12.8 Å². The molecule has 1 aliphatic carbocycles. The average Bonchev–Trinajstić information content (AvgIpc) is 2.67. The highest BCUT2D eigenvalue weighted by molar-refractivity contribution is 6.84. The van der Waals surface area contributed by atoms with Crippen LogP contribution < -0.4 is 0 Å². The van der Waals surface area contributed by atoms with Gasteiger partial charge in [0, 0.05) is 6.61 Å². The molecule has 0 amide bonds. The van der Waals surface area contributed by atoms with Gasteiger partial charge in [-0.25, -0.2) is 0 Å². The molecule has 1 saturated carbocycles. The number of allylic oxidation sites excluding steroid dienone is 2. The third-order valence-corrected chi connectivity index (χ3v) is 9.53. The van der Waals surface area contributed by atoms with E-state index < -0.39 is 8.07 Å². The number of aliphatic hydroxyl groups is 1. The molecule has 0 bridgehead atoms. The van der Waals surface area contributed by atoms with Gasteiger partial charge in [-0.3, -0.25) is 0 Å². The zero-order chi connectivity index (χ0) is 12.2. The Morgan fingerprint density at radius 1 is 1.25 bits per heavy atom. The van der Waals surface area contributed by atoms with E-state index in [1.54, 1.807) is 0 Å². The largest absolute Gasteiger partial charge is 0.396 e. The summed E-state index contributed by atoms with van der Waals surface area (Å²) in [5.74, 6) is 0.441. The highest BCUT2D eigenvalue weighted by Gasteiger charge is 2.28. The van der Waals surface area contributed by atoms with Gasteiger partial charge in [-0.15, -0.1) is 0 Å². The fourth-order valence-electron chi connectivity index (χ4n) is 2.72. The molecule has 16 heavy (non-hydrogen) atoms. The second kappa shape index (κ2) is 5.83. The zero-order valence-corrected chi connectivity index (χ0v) is 12.1. The number of hydrogen-bond donors (Lipinski definition) is 1. The van der Waals surface area contributed by atoms with Crippen LogP contribution in [0.3, 0.4) is 0 Å². The Labute approximate surface area is 101 Å². The summed E-state index contributed by atoms with van der Waals surface area (Å²) in [5.41, 5.74) is 5.34. The Balaban J connectivity index is 2.86. The first-order valence-corrected chi connectivity index (χ1v) is 9.31. The summed E-state index contributed by atoms with van der Waals surface area (Å²) in [6.45, 7) is 11.5. The summed E-state index contributed by atoms with van der Waals surface area (Å²) in [7, 11) is -1.17. The first-order chi connectivity index (χ1) is 7.60. The van der Waals surface area contributed by atoms with E-state index in [2.05, 4.69) is 33.0 Å². The molecule has 0 spiro atoms. The van der Waals surface area contributed by atoms with Gasteiger partial charge in [0.05, 0.1) is 8.07 Å². The summed E-state index contributed by atoms with van der Waals surface area (Å²) in [6, 6.07) is 4.00. The second-order valence-electron chi connectivity index (χ2n) is 5.15. The standard InChI is InChI=1S/C14H26OSi/c1-5-16(6-2,7-3)11-14-9-13(10-15)8-12(14)4/h11,13,15H,4-10H2,1-3H3/b14-11-. The van der Waals surface area contributed by atoms with Crippen LogP contribution in [0, 0.1) is 5.92 Å². The molecule has 1 nitrogen and oxygen atoms in total. The van der Waals surface area contributed by atoms with Gasteiger partial charge in [-0.05, 0) is 18.8 Å². The van der Waals surface area contributed by atoms with Crippen LogP contribution in [0.2, 0.25) is 18.1 Å². The smallest absolute Gasteiger partial charge is 0.0773 e. The third-order valence-electron chi connectivity index (χ3n) is 4.35. The molecule has 1 rings (SSSR count). The van der Waals surface area contributed by atoms with Gasteiger partial charge in [0.1, 0.15) is 0 Å². The quantitative estimate of drug-likeness (QED) is 0.720. The van der Waals surface area contributed by atoms with Crippen molar-refractivity contribution in [2.24, 2.45) is 5.92 Å². The SMILES string of the molecule is C=C1CC(CO)C/C1=C/[Si](CC)(CC)CC. The molecule has 0 aromatic rings. The lowest BCUT2D eigenvalue weighted by Crippen LogP contribution is -2.29. The molecule has 0 aliphatic heterocycles. The molecule has 0 aromatic heterocycles. The average molecular weight is 238 g/mol. The normalized spacial score (nSPS) is 24.4. The van der Waals surface area contributed by atoms with Gasteiger partial charge in [-0.2, -0.15) is 0 Å². The summed E-state index contributed by atoms with van der Waals surface area (Å²) < 4.78 is 0. The van der Waals surface area contributed by atoms with E-state index >= 15 is 0 Å². The van der Waals surface area contributed by atoms with Crippen LogP contribution in [0.4, 0.5) is 0 Å². The maximum atomic E-state index is 9.21. The highest BCUT2D eigenvalue weighted by Crippen LogP contribution is 2.36. The summed E-state index contributed by atoms with van der Waals surface area (Å²) >= 11 is 0. The fraction of sp³-hybridized carbons (Fsp3) is 0.714. The van der Waals surface area contributed by atoms with Crippen molar-refractivity contribution in [1.29, 1.82) is 0 Å². The Kier molecular flexibility index (Phi) is 5.00. The predicted octanol–water partition coefficient (Wildman–Crippen LogP) is 3.92. The van der Waals surface area contributed by atoms with Crippen molar-refractivity contribution in [3.05, 3.63) is 23.4 Å². The Morgan fingerprint density at radius 2 is 1.81 bits per heavy atom. The van der Waals surface area contributed by atoms with Crippen LogP contribution in [0.15, 0.2) is 23.4 Å². The second-order valence-corrected chi connectivity index (χ2v) is 10.3. The Bertz CT molecular complexity index is 268. The lowest BCUT2D eigenvalue weighted by molar-refractivity contribution is 0.234. The molecule has 92 valence electrons. The fourth-order valence-corrected chi connectivity index (χ4v) is 5.90. The Hall–Kier alpha value is -0.343. The minimum absolute atomic E-state index is 0.315. The third kappa shape index (κ3) is 2.86. The van der Waals surface area contributed by atoms with E-state index in [1.165, 1.54) is 29.3 Å². The molecule has 1 atom stereocenters. The number of rotatable bonds is 5. The van der Waals surface area contributed by atoms with E-state index in [1.807, 2.05) is 0 Å². The predicted molar refractivity (Wildman–Crippen MR) is 74.2 cm³/mol. The molecule has 0 aromatic carbocycles. The number of hydrogen-bond acceptors (Lipinski definition) is 1. The zero-order valence-electron chi connectivity index (χ0n) is 11.1. The number of aliphatic hydroxyl groups excluding tert-OH is 1. The van der Waals surface area contributed by atoms with Gasteiger partial charge in [-0.1, -0.05) is 62.3 Å². The minimum Gasteiger partial charge on any atom is -0.396 e. The van der Waals surface area contributed by atoms with Gasteiger partial charge in [0.2, 0.25) is 0 Å². The molecule has 2 heteroatoms. The Morgan fingerprint density at radius 3 is 2.19 bits per heavy atom. The van der Waals surface area contributed by atoms with E-state index in [-0.39, 0.29) is 0 Å². The van der Waals surface area contributed by atoms with Crippen molar-refractivity contribution in [1.82, 2.24) is 0 Å². The van der Waals surface area contributed by atoms with Crippen LogP contribution in [0.25, 0.3) is 0 Å². The van der Waals surface area contributed by atoms with Gasteiger partial charge in [0.15, 0.2) is 0 Å².